The first-order chi connectivity index (χ1) is 18.6. The summed E-state index contributed by atoms with van der Waals surface area (Å²) in [6.07, 6.45) is 3.93. The number of fused-ring (bicyclic) bond motifs is 2. The molecule has 2 aliphatic heterocycles. The monoisotopic (exact) mass is 528 g/mol. The van der Waals surface area contributed by atoms with Gasteiger partial charge in [0.1, 0.15) is 0 Å². The smallest absolute Gasteiger partial charge is 0.256 e. The Kier molecular flexibility index (Phi) is 5.43. The Morgan fingerprint density at radius 2 is 0.921 bits per heavy atom. The van der Waals surface area contributed by atoms with Crippen LogP contribution in [0.3, 0.4) is 0 Å². The Labute approximate surface area is 227 Å². The normalized spacial score (nSPS) is 16.0. The van der Waals surface area contributed by atoms with E-state index in [0.29, 0.717) is 11.1 Å². The van der Waals surface area contributed by atoms with Gasteiger partial charge in [0, 0.05) is 42.0 Å². The molecule has 0 spiro atoms. The lowest BCUT2D eigenvalue weighted by Gasteiger charge is -2.01. The molecule has 182 valence electrons. The van der Waals surface area contributed by atoms with Crippen molar-refractivity contribution in [3.05, 3.63) is 118 Å². The molecular formula is C32H20N2O2S2. The van der Waals surface area contributed by atoms with Crippen LogP contribution in [0.1, 0.15) is 20.9 Å². The summed E-state index contributed by atoms with van der Waals surface area (Å²) in [5.41, 5.74) is 7.29. The lowest BCUT2D eigenvalue weighted by Crippen LogP contribution is -2.03. The molecule has 0 unspecified atom stereocenters. The third kappa shape index (κ3) is 4.00. The number of para-hydroxylation sites is 2. The minimum Gasteiger partial charge on any atom is -0.321 e. The second kappa shape index (κ2) is 9.10. The van der Waals surface area contributed by atoms with Crippen LogP contribution < -0.4 is 10.6 Å². The summed E-state index contributed by atoms with van der Waals surface area (Å²) in [5, 5.41) is 5.86. The number of benzene rings is 3. The first-order valence-electron chi connectivity index (χ1n) is 12.2. The molecule has 4 nitrogen and oxygen atoms in total. The summed E-state index contributed by atoms with van der Waals surface area (Å²) in [7, 11) is 0. The summed E-state index contributed by atoms with van der Waals surface area (Å²) in [6, 6.07) is 32.4. The van der Waals surface area contributed by atoms with E-state index < -0.39 is 0 Å². The van der Waals surface area contributed by atoms with Gasteiger partial charge in [-0.2, -0.15) is 0 Å². The van der Waals surface area contributed by atoms with Gasteiger partial charge in [-0.1, -0.05) is 60.7 Å². The number of amides is 2. The number of thiophene rings is 2. The first kappa shape index (κ1) is 22.7. The van der Waals surface area contributed by atoms with Gasteiger partial charge in [-0.05, 0) is 59.7 Å². The highest BCUT2D eigenvalue weighted by atomic mass is 32.1. The fourth-order valence-electron chi connectivity index (χ4n) is 4.82. The van der Waals surface area contributed by atoms with Crippen molar-refractivity contribution in [2.24, 2.45) is 0 Å². The minimum atomic E-state index is -0.0609. The molecule has 0 saturated carbocycles. The summed E-state index contributed by atoms with van der Waals surface area (Å²) < 4.78 is 0. The van der Waals surface area contributed by atoms with Crippen LogP contribution in [0.15, 0.2) is 97.1 Å². The molecule has 38 heavy (non-hydrogen) atoms. The molecule has 5 aromatic rings. The van der Waals surface area contributed by atoms with Gasteiger partial charge in [-0.3, -0.25) is 9.59 Å². The Balaban J connectivity index is 1.11. The molecule has 0 atom stereocenters. The summed E-state index contributed by atoms with van der Waals surface area (Å²) in [4.78, 5) is 29.3. The maximum Gasteiger partial charge on any atom is 0.256 e. The van der Waals surface area contributed by atoms with E-state index in [0.717, 1.165) is 53.1 Å². The van der Waals surface area contributed by atoms with Crippen molar-refractivity contribution in [3.8, 4) is 20.9 Å². The predicted octanol–water partition coefficient (Wildman–Crippen LogP) is 8.13. The number of carbonyl (C=O) groups excluding carboxylic acids is 2. The number of hydrogen-bond donors (Lipinski definition) is 2. The lowest BCUT2D eigenvalue weighted by molar-refractivity contribution is -0.111. The molecule has 7 rings (SSSR count). The fourth-order valence-corrected chi connectivity index (χ4v) is 6.73. The topological polar surface area (TPSA) is 58.2 Å². The Hall–Kier alpha value is -4.52. The van der Waals surface area contributed by atoms with Crippen LogP contribution in [-0.2, 0) is 9.59 Å². The third-order valence-corrected chi connectivity index (χ3v) is 8.86. The molecule has 3 aromatic carbocycles. The van der Waals surface area contributed by atoms with Crippen molar-refractivity contribution in [1.82, 2.24) is 0 Å². The van der Waals surface area contributed by atoms with E-state index in [4.69, 9.17) is 0 Å². The number of nitrogens with one attached hydrogen (secondary N) is 2. The molecule has 0 fully saturated rings. The van der Waals surface area contributed by atoms with Gasteiger partial charge in [0.2, 0.25) is 0 Å². The highest BCUT2D eigenvalue weighted by Crippen LogP contribution is 2.38. The third-order valence-electron chi connectivity index (χ3n) is 6.70. The van der Waals surface area contributed by atoms with Gasteiger partial charge in [0.15, 0.2) is 0 Å². The molecule has 2 amide bonds. The van der Waals surface area contributed by atoms with E-state index in [9.17, 15) is 9.59 Å². The first-order valence-corrected chi connectivity index (χ1v) is 13.8. The molecular weight excluding hydrogens is 508 g/mol. The molecule has 0 saturated heterocycles. The van der Waals surface area contributed by atoms with E-state index >= 15 is 0 Å². The summed E-state index contributed by atoms with van der Waals surface area (Å²) in [5.74, 6) is -0.122. The predicted molar refractivity (Wildman–Crippen MR) is 159 cm³/mol. The van der Waals surface area contributed by atoms with Gasteiger partial charge < -0.3 is 10.6 Å². The van der Waals surface area contributed by atoms with Crippen molar-refractivity contribution < 1.29 is 9.59 Å². The average molecular weight is 529 g/mol. The van der Waals surface area contributed by atoms with Gasteiger partial charge in [-0.25, -0.2) is 0 Å². The van der Waals surface area contributed by atoms with Crippen molar-refractivity contribution in [2.45, 2.75) is 0 Å². The zero-order valence-electron chi connectivity index (χ0n) is 20.0. The van der Waals surface area contributed by atoms with Crippen LogP contribution in [0.2, 0.25) is 0 Å². The van der Waals surface area contributed by atoms with Gasteiger partial charge in [-0.15, -0.1) is 22.7 Å². The van der Waals surface area contributed by atoms with Crippen LogP contribution >= 0.6 is 22.7 Å². The van der Waals surface area contributed by atoms with Crippen LogP contribution in [0.25, 0.3) is 44.2 Å². The van der Waals surface area contributed by atoms with Crippen LogP contribution in [0, 0.1) is 0 Å². The summed E-state index contributed by atoms with van der Waals surface area (Å²) in [6.45, 7) is 0. The van der Waals surface area contributed by atoms with Crippen LogP contribution in [0.4, 0.5) is 11.4 Å². The second-order valence-electron chi connectivity index (χ2n) is 9.10. The molecule has 2 N–H and O–H groups in total. The highest BCUT2D eigenvalue weighted by Gasteiger charge is 2.24. The second-order valence-corrected chi connectivity index (χ2v) is 11.3. The SMILES string of the molecule is O=C1Nc2ccccc2/C1=C/c1ccc(-c2ccc(-c3ccc(/C=C4\C(=O)Nc5ccccc54)s3)cc2)s1. The standard InChI is InChI=1S/C32H20N2O2S2/c35-31-25(23-5-1-3-7-27(23)33-31)17-21-13-15-29(37-21)19-9-11-20(12-10-19)30-16-14-22(38-30)18-26-24-6-2-4-8-28(24)34-32(26)36/h1-18H,(H,33,35)(H,34,36)/b25-17-,26-18-. The molecule has 4 heterocycles. The van der Waals surface area contributed by atoms with E-state index in [-0.39, 0.29) is 11.8 Å². The zero-order valence-corrected chi connectivity index (χ0v) is 21.7. The average Bonchev–Trinajstić information content (AvgIpc) is 3.72. The van der Waals surface area contributed by atoms with E-state index in [1.807, 2.05) is 60.7 Å². The van der Waals surface area contributed by atoms with E-state index in [1.54, 1.807) is 22.7 Å². The Morgan fingerprint density at radius 1 is 0.500 bits per heavy atom. The van der Waals surface area contributed by atoms with Gasteiger partial charge >= 0.3 is 0 Å². The Morgan fingerprint density at radius 3 is 1.37 bits per heavy atom. The molecule has 0 aliphatic carbocycles. The largest absolute Gasteiger partial charge is 0.321 e. The number of hydrogen-bond acceptors (Lipinski definition) is 4. The maximum atomic E-state index is 12.5. The molecule has 2 aromatic heterocycles. The highest BCUT2D eigenvalue weighted by molar-refractivity contribution is 7.16. The van der Waals surface area contributed by atoms with Gasteiger partial charge in [0.05, 0.1) is 11.1 Å². The molecule has 2 aliphatic rings. The Bertz CT molecular complexity index is 1670. The van der Waals surface area contributed by atoms with E-state index in [1.165, 1.54) is 0 Å². The van der Waals surface area contributed by atoms with Crippen molar-refractivity contribution >= 4 is 69.2 Å². The number of carbonyl (C=O) groups is 2. The zero-order chi connectivity index (χ0) is 25.6. The molecule has 6 heteroatoms. The number of rotatable bonds is 4. The fraction of sp³-hybridized carbons (Fsp3) is 0. The maximum absolute atomic E-state index is 12.5. The molecule has 0 radical (unpaired) electrons. The quantitative estimate of drug-likeness (QED) is 0.231. The number of anilines is 2. The van der Waals surface area contributed by atoms with Crippen molar-refractivity contribution in [2.75, 3.05) is 10.6 Å². The lowest BCUT2D eigenvalue weighted by atomic mass is 10.1. The van der Waals surface area contributed by atoms with Crippen molar-refractivity contribution in [3.63, 3.8) is 0 Å². The van der Waals surface area contributed by atoms with Crippen molar-refractivity contribution in [1.29, 1.82) is 0 Å². The van der Waals surface area contributed by atoms with Gasteiger partial charge in [0.25, 0.3) is 11.8 Å². The summed E-state index contributed by atoms with van der Waals surface area (Å²) >= 11 is 3.34. The minimum absolute atomic E-state index is 0.0609. The van der Waals surface area contributed by atoms with Crippen LogP contribution in [0.5, 0.6) is 0 Å². The van der Waals surface area contributed by atoms with Crippen LogP contribution in [-0.4, -0.2) is 11.8 Å². The van der Waals surface area contributed by atoms with E-state index in [2.05, 4.69) is 59.2 Å². The molecule has 0 bridgehead atoms.